The Kier molecular flexibility index (Phi) is 5.90. The molecule has 1 rings (SSSR count). The molecule has 0 aliphatic heterocycles. The van der Waals surface area contributed by atoms with Gasteiger partial charge in [-0.2, -0.15) is 0 Å². The molecule has 1 atom stereocenters. The van der Waals surface area contributed by atoms with E-state index in [1.165, 1.54) is 6.92 Å². The first kappa shape index (κ1) is 17.2. The summed E-state index contributed by atoms with van der Waals surface area (Å²) in [4.78, 5) is 22.8. The summed E-state index contributed by atoms with van der Waals surface area (Å²) in [6.07, 6.45) is 1.09. The summed E-state index contributed by atoms with van der Waals surface area (Å²) in [6, 6.07) is 6.83. The SMILES string of the molecule is CC(=O)Nc1ccc(NC(=O)CC(N)CC(C)(C)C)cc1. The van der Waals surface area contributed by atoms with Gasteiger partial charge in [-0.3, -0.25) is 9.59 Å². The van der Waals surface area contributed by atoms with Crippen LogP contribution < -0.4 is 16.4 Å². The Balaban J connectivity index is 2.49. The first-order chi connectivity index (χ1) is 9.65. The number of anilines is 2. The van der Waals surface area contributed by atoms with Gasteiger partial charge in [-0.05, 0) is 36.1 Å². The number of amides is 2. The fourth-order valence-electron chi connectivity index (χ4n) is 2.15. The van der Waals surface area contributed by atoms with E-state index in [0.29, 0.717) is 17.8 Å². The lowest BCUT2D eigenvalue weighted by Crippen LogP contribution is -2.31. The van der Waals surface area contributed by atoms with E-state index in [2.05, 4.69) is 31.4 Å². The van der Waals surface area contributed by atoms with Gasteiger partial charge in [0.25, 0.3) is 0 Å². The monoisotopic (exact) mass is 291 g/mol. The smallest absolute Gasteiger partial charge is 0.225 e. The second-order valence-corrected chi connectivity index (χ2v) is 6.54. The molecule has 0 spiro atoms. The Morgan fingerprint density at radius 3 is 2.00 bits per heavy atom. The van der Waals surface area contributed by atoms with Crippen molar-refractivity contribution >= 4 is 23.2 Å². The van der Waals surface area contributed by atoms with Gasteiger partial charge >= 0.3 is 0 Å². The predicted molar refractivity (Wildman–Crippen MR) is 86.0 cm³/mol. The number of nitrogens with two attached hydrogens (primary N) is 1. The van der Waals surface area contributed by atoms with Crippen molar-refractivity contribution in [3.63, 3.8) is 0 Å². The molecule has 21 heavy (non-hydrogen) atoms. The maximum atomic E-state index is 11.9. The molecule has 5 heteroatoms. The van der Waals surface area contributed by atoms with E-state index in [4.69, 9.17) is 5.73 Å². The van der Waals surface area contributed by atoms with Crippen molar-refractivity contribution in [2.45, 2.75) is 46.6 Å². The Hall–Kier alpha value is -1.88. The molecule has 0 radical (unpaired) electrons. The zero-order valence-electron chi connectivity index (χ0n) is 13.2. The van der Waals surface area contributed by atoms with Crippen molar-refractivity contribution in [1.82, 2.24) is 0 Å². The molecule has 4 N–H and O–H groups in total. The largest absolute Gasteiger partial charge is 0.327 e. The standard InChI is InChI=1S/C16H25N3O2/c1-11(20)18-13-5-7-14(8-6-13)19-15(21)9-12(17)10-16(2,3)4/h5-8,12H,9-10,17H2,1-4H3,(H,18,20)(H,19,21). The third-order valence-corrected chi connectivity index (χ3v) is 2.81. The topological polar surface area (TPSA) is 84.2 Å². The highest BCUT2D eigenvalue weighted by Crippen LogP contribution is 2.21. The lowest BCUT2D eigenvalue weighted by atomic mass is 9.87. The van der Waals surface area contributed by atoms with Gasteiger partial charge in [0, 0.05) is 30.8 Å². The van der Waals surface area contributed by atoms with Gasteiger partial charge in [0.15, 0.2) is 0 Å². The van der Waals surface area contributed by atoms with E-state index >= 15 is 0 Å². The molecule has 0 fully saturated rings. The molecule has 0 saturated carbocycles. The molecule has 116 valence electrons. The highest BCUT2D eigenvalue weighted by molar-refractivity contribution is 5.92. The Morgan fingerprint density at radius 2 is 1.57 bits per heavy atom. The van der Waals surface area contributed by atoms with Gasteiger partial charge in [-0.25, -0.2) is 0 Å². The molecule has 1 aromatic carbocycles. The Labute approximate surface area is 126 Å². The lowest BCUT2D eigenvalue weighted by Gasteiger charge is -2.22. The molecule has 0 aliphatic carbocycles. The van der Waals surface area contributed by atoms with Crippen LogP contribution in [0.3, 0.4) is 0 Å². The normalized spacial score (nSPS) is 12.6. The van der Waals surface area contributed by atoms with E-state index in [1.807, 2.05) is 0 Å². The van der Waals surface area contributed by atoms with Gasteiger partial charge in [0.1, 0.15) is 0 Å². The maximum absolute atomic E-state index is 11.9. The fourth-order valence-corrected chi connectivity index (χ4v) is 2.15. The van der Waals surface area contributed by atoms with Crippen molar-refractivity contribution in [2.75, 3.05) is 10.6 Å². The molecule has 1 unspecified atom stereocenters. The van der Waals surface area contributed by atoms with E-state index in [1.54, 1.807) is 24.3 Å². The first-order valence-corrected chi connectivity index (χ1v) is 7.09. The summed E-state index contributed by atoms with van der Waals surface area (Å²) in [6.45, 7) is 7.76. The number of carbonyl (C=O) groups excluding carboxylic acids is 2. The van der Waals surface area contributed by atoms with Crippen LogP contribution >= 0.6 is 0 Å². The maximum Gasteiger partial charge on any atom is 0.225 e. The highest BCUT2D eigenvalue weighted by atomic mass is 16.2. The summed E-state index contributed by atoms with van der Waals surface area (Å²) in [5.41, 5.74) is 7.49. The van der Waals surface area contributed by atoms with Crippen LogP contribution in [-0.2, 0) is 9.59 Å². The molecular formula is C16H25N3O2. The van der Waals surface area contributed by atoms with Crippen LogP contribution in [0.1, 0.15) is 40.5 Å². The summed E-state index contributed by atoms with van der Waals surface area (Å²) < 4.78 is 0. The molecule has 0 aromatic heterocycles. The van der Waals surface area contributed by atoms with Crippen LogP contribution in [0.4, 0.5) is 11.4 Å². The van der Waals surface area contributed by atoms with Gasteiger partial charge in [-0.15, -0.1) is 0 Å². The molecule has 0 heterocycles. The van der Waals surface area contributed by atoms with Crippen LogP contribution in [0, 0.1) is 5.41 Å². The van der Waals surface area contributed by atoms with Crippen LogP contribution in [-0.4, -0.2) is 17.9 Å². The minimum absolute atomic E-state index is 0.0981. The van der Waals surface area contributed by atoms with E-state index in [-0.39, 0.29) is 23.3 Å². The van der Waals surface area contributed by atoms with Gasteiger partial charge in [0.2, 0.25) is 11.8 Å². The number of benzene rings is 1. The molecule has 2 amide bonds. The summed E-state index contributed by atoms with van der Waals surface area (Å²) in [5, 5.41) is 5.48. The van der Waals surface area contributed by atoms with Crippen molar-refractivity contribution in [3.05, 3.63) is 24.3 Å². The second kappa shape index (κ2) is 7.22. The summed E-state index contributed by atoms with van der Waals surface area (Å²) >= 11 is 0. The molecule has 0 saturated heterocycles. The van der Waals surface area contributed by atoms with Crippen molar-refractivity contribution in [1.29, 1.82) is 0 Å². The van der Waals surface area contributed by atoms with Crippen LogP contribution in [0.5, 0.6) is 0 Å². The Morgan fingerprint density at radius 1 is 1.10 bits per heavy atom. The summed E-state index contributed by atoms with van der Waals surface area (Å²) in [5.74, 6) is -0.223. The minimum atomic E-state index is -0.149. The average Bonchev–Trinajstić information content (AvgIpc) is 2.28. The molecule has 0 bridgehead atoms. The van der Waals surface area contributed by atoms with Crippen LogP contribution in [0.2, 0.25) is 0 Å². The van der Waals surface area contributed by atoms with Crippen molar-refractivity contribution in [3.8, 4) is 0 Å². The predicted octanol–water partition coefficient (Wildman–Crippen LogP) is 2.74. The van der Waals surface area contributed by atoms with E-state index in [0.717, 1.165) is 6.42 Å². The average molecular weight is 291 g/mol. The first-order valence-electron chi connectivity index (χ1n) is 7.09. The number of hydrogen-bond acceptors (Lipinski definition) is 3. The third-order valence-electron chi connectivity index (χ3n) is 2.81. The highest BCUT2D eigenvalue weighted by Gasteiger charge is 2.18. The summed E-state index contributed by atoms with van der Waals surface area (Å²) in [7, 11) is 0. The number of hydrogen-bond donors (Lipinski definition) is 3. The quantitative estimate of drug-likeness (QED) is 0.780. The zero-order chi connectivity index (χ0) is 16.0. The van der Waals surface area contributed by atoms with E-state index < -0.39 is 0 Å². The van der Waals surface area contributed by atoms with Crippen molar-refractivity contribution < 1.29 is 9.59 Å². The fraction of sp³-hybridized carbons (Fsp3) is 0.500. The molecule has 5 nitrogen and oxygen atoms in total. The number of carbonyl (C=O) groups is 2. The molecule has 0 aliphatic rings. The van der Waals surface area contributed by atoms with Crippen LogP contribution in [0.15, 0.2) is 24.3 Å². The van der Waals surface area contributed by atoms with Gasteiger partial charge < -0.3 is 16.4 Å². The van der Waals surface area contributed by atoms with Crippen LogP contribution in [0.25, 0.3) is 0 Å². The molecular weight excluding hydrogens is 266 g/mol. The zero-order valence-corrected chi connectivity index (χ0v) is 13.2. The Bertz CT molecular complexity index is 489. The van der Waals surface area contributed by atoms with Crippen molar-refractivity contribution in [2.24, 2.45) is 11.1 Å². The molecule has 1 aromatic rings. The minimum Gasteiger partial charge on any atom is -0.327 e. The lowest BCUT2D eigenvalue weighted by molar-refractivity contribution is -0.116. The number of nitrogens with one attached hydrogen (secondary N) is 2. The van der Waals surface area contributed by atoms with E-state index in [9.17, 15) is 9.59 Å². The second-order valence-electron chi connectivity index (χ2n) is 6.54. The van der Waals surface area contributed by atoms with Gasteiger partial charge in [-0.1, -0.05) is 20.8 Å². The number of rotatable bonds is 5. The third kappa shape index (κ3) is 7.46. The van der Waals surface area contributed by atoms with Gasteiger partial charge in [0.05, 0.1) is 0 Å².